The minimum absolute atomic E-state index is 0.00514. The Kier molecular flexibility index (Phi) is 7.83. The Bertz CT molecular complexity index is 1760. The van der Waals surface area contributed by atoms with Gasteiger partial charge in [-0.2, -0.15) is 0 Å². The highest BCUT2D eigenvalue weighted by molar-refractivity contribution is 7.22. The average Bonchev–Trinajstić information content (AvgIpc) is 3.65. The Morgan fingerprint density at radius 2 is 1.91 bits per heavy atom. The highest BCUT2D eigenvalue weighted by Gasteiger charge is 2.48. The number of unbranched alkanes of at least 4 members (excludes halogenated alkanes) is 1. The topological polar surface area (TPSA) is 98.2 Å². The number of Topliss-reactive ketones (excluding diaryl/α,β-unsaturated/α-hetero) is 1. The molecular weight excluding hydrogens is 564 g/mol. The van der Waals surface area contributed by atoms with E-state index in [1.54, 1.807) is 24.3 Å². The molecule has 1 fully saturated rings. The van der Waals surface area contributed by atoms with Gasteiger partial charge in [0.25, 0.3) is 5.78 Å². The van der Waals surface area contributed by atoms with Crippen molar-refractivity contribution >= 4 is 44.1 Å². The van der Waals surface area contributed by atoms with Crippen LogP contribution in [0.3, 0.4) is 0 Å². The molecule has 0 aliphatic carbocycles. The molecule has 9 heteroatoms. The number of aliphatic hydroxyl groups is 1. The third-order valence-corrected chi connectivity index (χ3v) is 8.71. The second kappa shape index (κ2) is 11.7. The summed E-state index contributed by atoms with van der Waals surface area (Å²) < 4.78 is 18.7. The summed E-state index contributed by atoms with van der Waals surface area (Å²) in [6.45, 7) is 8.90. The maximum absolute atomic E-state index is 13.8. The summed E-state index contributed by atoms with van der Waals surface area (Å²) in [6.07, 6.45) is 2.61. The van der Waals surface area contributed by atoms with Crippen molar-refractivity contribution in [3.05, 3.63) is 82.4 Å². The third-order valence-electron chi connectivity index (χ3n) is 7.69. The molecule has 3 aromatic carbocycles. The summed E-state index contributed by atoms with van der Waals surface area (Å²) in [4.78, 5) is 33.7. The first-order valence-corrected chi connectivity index (χ1v) is 15.5. The number of hydrogen-bond donors (Lipinski definition) is 1. The fourth-order valence-corrected chi connectivity index (χ4v) is 6.69. The number of thiazole rings is 1. The lowest BCUT2D eigenvalue weighted by atomic mass is 9.94. The van der Waals surface area contributed by atoms with Gasteiger partial charge in [-0.15, -0.1) is 0 Å². The monoisotopic (exact) mass is 598 g/mol. The number of aliphatic hydroxyl groups excluding tert-OH is 1. The quantitative estimate of drug-likeness (QED) is 0.0947. The van der Waals surface area contributed by atoms with Crippen LogP contribution >= 0.6 is 11.3 Å². The molecule has 1 amide bonds. The van der Waals surface area contributed by atoms with Crippen LogP contribution in [0.2, 0.25) is 0 Å². The first-order valence-electron chi connectivity index (χ1n) is 14.7. The Hall–Kier alpha value is -4.37. The lowest BCUT2D eigenvalue weighted by Crippen LogP contribution is -2.29. The number of carbonyl (C=O) groups excluding carboxylic acids is 2. The molecule has 2 aliphatic rings. The Balaban J connectivity index is 1.51. The molecule has 0 saturated carbocycles. The van der Waals surface area contributed by atoms with Crippen molar-refractivity contribution in [3.63, 3.8) is 0 Å². The van der Waals surface area contributed by atoms with E-state index in [-0.39, 0.29) is 17.4 Å². The normalized spacial score (nSPS) is 19.1. The van der Waals surface area contributed by atoms with Gasteiger partial charge >= 0.3 is 5.91 Å². The summed E-state index contributed by atoms with van der Waals surface area (Å²) in [6, 6.07) is 15.7. The number of benzene rings is 3. The van der Waals surface area contributed by atoms with E-state index in [1.807, 2.05) is 51.1 Å². The van der Waals surface area contributed by atoms with E-state index >= 15 is 0 Å². The van der Waals surface area contributed by atoms with Gasteiger partial charge < -0.3 is 19.3 Å². The van der Waals surface area contributed by atoms with Crippen LogP contribution in [0.5, 0.6) is 17.2 Å². The first kappa shape index (κ1) is 28.7. The SMILES string of the molecule is CCCCOc1ccc(C2C(=C(O)c3ccc4c(c3)CC(C)O4)C(=O)C(=O)N2c2nc3ccc(C)cc3s2)cc1OCC. The van der Waals surface area contributed by atoms with E-state index in [2.05, 4.69) is 6.92 Å². The third kappa shape index (κ3) is 5.33. The number of fused-ring (bicyclic) bond motifs is 2. The Morgan fingerprint density at radius 3 is 2.70 bits per heavy atom. The molecule has 222 valence electrons. The maximum atomic E-state index is 13.8. The van der Waals surface area contributed by atoms with Crippen LogP contribution in [-0.4, -0.2) is 41.1 Å². The second-order valence-corrected chi connectivity index (χ2v) is 11.9. The van der Waals surface area contributed by atoms with Crippen LogP contribution in [-0.2, 0) is 16.0 Å². The molecule has 0 radical (unpaired) electrons. The number of aryl methyl sites for hydroxylation is 1. The summed E-state index contributed by atoms with van der Waals surface area (Å²) in [5.41, 5.74) is 3.78. The van der Waals surface area contributed by atoms with Crippen LogP contribution < -0.4 is 19.1 Å². The van der Waals surface area contributed by atoms with Crippen molar-refractivity contribution in [2.24, 2.45) is 0 Å². The molecule has 3 heterocycles. The van der Waals surface area contributed by atoms with Crippen molar-refractivity contribution in [1.29, 1.82) is 0 Å². The fraction of sp³-hybridized carbons (Fsp3) is 0.324. The van der Waals surface area contributed by atoms with Crippen LogP contribution in [0.25, 0.3) is 16.0 Å². The van der Waals surface area contributed by atoms with E-state index in [4.69, 9.17) is 19.2 Å². The van der Waals surface area contributed by atoms with Crippen LogP contribution in [0.1, 0.15) is 61.9 Å². The van der Waals surface area contributed by atoms with E-state index in [9.17, 15) is 14.7 Å². The number of anilines is 1. The zero-order valence-corrected chi connectivity index (χ0v) is 25.5. The smallest absolute Gasteiger partial charge is 0.301 e. The number of aromatic nitrogens is 1. The molecule has 43 heavy (non-hydrogen) atoms. The average molecular weight is 599 g/mol. The molecule has 8 nitrogen and oxygen atoms in total. The predicted octanol–water partition coefficient (Wildman–Crippen LogP) is 7.13. The molecule has 2 aliphatic heterocycles. The van der Waals surface area contributed by atoms with Crippen molar-refractivity contribution in [1.82, 2.24) is 4.98 Å². The predicted molar refractivity (Wildman–Crippen MR) is 167 cm³/mol. The van der Waals surface area contributed by atoms with E-state index in [1.165, 1.54) is 16.2 Å². The number of rotatable bonds is 9. The molecular formula is C34H34N2O6S. The van der Waals surface area contributed by atoms with Crippen LogP contribution in [0, 0.1) is 6.92 Å². The zero-order chi connectivity index (χ0) is 30.2. The van der Waals surface area contributed by atoms with Gasteiger partial charge in [-0.05, 0) is 86.3 Å². The molecule has 1 aromatic heterocycles. The molecule has 2 unspecified atom stereocenters. The van der Waals surface area contributed by atoms with Gasteiger partial charge in [0.15, 0.2) is 16.6 Å². The Morgan fingerprint density at radius 1 is 1.07 bits per heavy atom. The molecule has 0 bridgehead atoms. The van der Waals surface area contributed by atoms with Crippen molar-refractivity contribution in [2.75, 3.05) is 18.1 Å². The molecule has 2 atom stereocenters. The highest BCUT2D eigenvalue weighted by Crippen LogP contribution is 2.46. The molecule has 1 N–H and O–H groups in total. The molecule has 1 saturated heterocycles. The van der Waals surface area contributed by atoms with Gasteiger partial charge in [0.1, 0.15) is 17.6 Å². The molecule has 0 spiro atoms. The summed E-state index contributed by atoms with van der Waals surface area (Å²) in [7, 11) is 0. The van der Waals surface area contributed by atoms with Gasteiger partial charge in [-0.3, -0.25) is 14.5 Å². The minimum atomic E-state index is -0.936. The number of ether oxygens (including phenoxy) is 3. The number of nitrogens with zero attached hydrogens (tertiary/aromatic N) is 2. The van der Waals surface area contributed by atoms with Crippen molar-refractivity contribution in [3.8, 4) is 17.2 Å². The first-order chi connectivity index (χ1) is 20.8. The van der Waals surface area contributed by atoms with Crippen LogP contribution in [0.4, 0.5) is 5.13 Å². The lowest BCUT2D eigenvalue weighted by molar-refractivity contribution is -0.132. The van der Waals surface area contributed by atoms with Gasteiger partial charge in [-0.1, -0.05) is 36.8 Å². The van der Waals surface area contributed by atoms with Gasteiger partial charge in [0.2, 0.25) is 0 Å². The minimum Gasteiger partial charge on any atom is -0.507 e. The standard InChI is InChI=1S/C34H34N2O6S/c1-5-7-14-41-26-13-9-21(18-27(26)40-6-2)30-29(31(37)22-10-12-25-23(17-22)16-20(4)42-25)32(38)33(39)36(30)34-35-24-11-8-19(3)15-28(24)43-34/h8-13,15,17-18,20,30,37H,5-7,14,16H2,1-4H3. The summed E-state index contributed by atoms with van der Waals surface area (Å²) >= 11 is 1.34. The molecule has 6 rings (SSSR count). The van der Waals surface area contributed by atoms with Gasteiger partial charge in [0, 0.05) is 12.0 Å². The lowest BCUT2D eigenvalue weighted by Gasteiger charge is -2.24. The van der Waals surface area contributed by atoms with E-state index in [0.29, 0.717) is 47.4 Å². The van der Waals surface area contributed by atoms with Crippen molar-refractivity contribution < 1.29 is 28.9 Å². The summed E-state index contributed by atoms with van der Waals surface area (Å²) in [5, 5.41) is 12.1. The number of hydrogen-bond acceptors (Lipinski definition) is 8. The van der Waals surface area contributed by atoms with Gasteiger partial charge in [-0.25, -0.2) is 4.98 Å². The van der Waals surface area contributed by atoms with Crippen molar-refractivity contribution in [2.45, 2.75) is 59.1 Å². The van der Waals surface area contributed by atoms with E-state index in [0.717, 1.165) is 39.9 Å². The Labute approximate surface area is 254 Å². The number of amides is 1. The largest absolute Gasteiger partial charge is 0.507 e. The fourth-order valence-electron chi connectivity index (χ4n) is 5.60. The maximum Gasteiger partial charge on any atom is 0.301 e. The highest BCUT2D eigenvalue weighted by atomic mass is 32.1. The molecule has 4 aromatic rings. The van der Waals surface area contributed by atoms with E-state index < -0.39 is 17.7 Å². The van der Waals surface area contributed by atoms with Gasteiger partial charge in [0.05, 0.1) is 35.0 Å². The zero-order valence-electron chi connectivity index (χ0n) is 24.7. The number of carbonyl (C=O) groups is 2. The second-order valence-electron chi connectivity index (χ2n) is 10.9. The van der Waals surface area contributed by atoms with Crippen LogP contribution in [0.15, 0.2) is 60.2 Å². The number of ketones is 1. The summed E-state index contributed by atoms with van der Waals surface area (Å²) in [5.74, 6) is 0.0766.